The minimum absolute atomic E-state index is 0.274. The van der Waals surface area contributed by atoms with Crippen LogP contribution in [0.4, 0.5) is 10.5 Å². The number of aryl methyl sites for hydroxylation is 1. The molecular weight excluding hydrogens is 228 g/mol. The predicted molar refractivity (Wildman–Crippen MR) is 65.7 cm³/mol. The van der Waals surface area contributed by atoms with Gasteiger partial charge >= 0.3 is 6.03 Å². The number of benzene rings is 1. The van der Waals surface area contributed by atoms with Crippen molar-refractivity contribution in [3.63, 3.8) is 0 Å². The molecule has 0 aliphatic rings. The van der Waals surface area contributed by atoms with Crippen LogP contribution in [0.1, 0.15) is 12.5 Å². The molecule has 0 spiro atoms. The number of nitrogens with two attached hydrogens (primary N) is 2. The Kier molecular flexibility index (Phi) is 4.13. The van der Waals surface area contributed by atoms with Crippen molar-refractivity contribution < 1.29 is 4.79 Å². The van der Waals surface area contributed by atoms with Crippen LogP contribution in [0, 0.1) is 0 Å². The first-order chi connectivity index (χ1) is 7.52. The van der Waals surface area contributed by atoms with Gasteiger partial charge in [0.15, 0.2) is 5.96 Å². The highest BCUT2D eigenvalue weighted by Crippen LogP contribution is 2.21. The van der Waals surface area contributed by atoms with E-state index < -0.39 is 6.03 Å². The second-order valence-corrected chi connectivity index (χ2v) is 3.56. The third-order valence-corrected chi connectivity index (χ3v) is 2.16. The van der Waals surface area contributed by atoms with Gasteiger partial charge < -0.3 is 16.8 Å². The first-order valence-corrected chi connectivity index (χ1v) is 5.09. The van der Waals surface area contributed by atoms with E-state index in [2.05, 4.69) is 10.3 Å². The number of nitrogens with zero attached hydrogens (tertiary/aromatic N) is 1. The van der Waals surface area contributed by atoms with E-state index in [0.29, 0.717) is 10.7 Å². The molecule has 1 aromatic carbocycles. The lowest BCUT2D eigenvalue weighted by Crippen LogP contribution is -2.25. The van der Waals surface area contributed by atoms with Gasteiger partial charge in [0.05, 0.1) is 0 Å². The number of carbonyl (C=O) groups is 1. The lowest BCUT2D eigenvalue weighted by molar-refractivity contribution is 0.259. The Balaban J connectivity index is 2.89. The van der Waals surface area contributed by atoms with Gasteiger partial charge in [-0.25, -0.2) is 4.79 Å². The Morgan fingerprint density at radius 3 is 2.75 bits per heavy atom. The molecule has 2 amide bonds. The Bertz CT molecular complexity index is 427. The van der Waals surface area contributed by atoms with Crippen molar-refractivity contribution in [2.75, 3.05) is 5.32 Å². The number of rotatable bonds is 2. The van der Waals surface area contributed by atoms with Crippen LogP contribution in [0.5, 0.6) is 0 Å². The largest absolute Gasteiger partial charge is 0.370 e. The van der Waals surface area contributed by atoms with E-state index in [1.165, 1.54) is 0 Å². The second-order valence-electron chi connectivity index (χ2n) is 3.12. The number of aliphatic imine (C=N–C) groups is 1. The minimum Gasteiger partial charge on any atom is -0.370 e. The number of carbonyl (C=O) groups excluding carboxylic acids is 1. The molecule has 1 rings (SSSR count). The monoisotopic (exact) mass is 240 g/mol. The van der Waals surface area contributed by atoms with Gasteiger partial charge in [-0.2, -0.15) is 4.99 Å². The van der Waals surface area contributed by atoms with Crippen LogP contribution in [-0.4, -0.2) is 12.0 Å². The summed E-state index contributed by atoms with van der Waals surface area (Å²) in [5.74, 6) is -0.274. The molecule has 5 nitrogen and oxygen atoms in total. The SMILES string of the molecule is CCc1cc(Cl)ccc1NC(=O)N=C(N)N. The molecule has 0 unspecified atom stereocenters. The van der Waals surface area contributed by atoms with Crippen molar-refractivity contribution in [2.24, 2.45) is 16.5 Å². The van der Waals surface area contributed by atoms with Crippen LogP contribution >= 0.6 is 11.6 Å². The smallest absolute Gasteiger partial charge is 0.348 e. The molecule has 1 aromatic rings. The van der Waals surface area contributed by atoms with Crippen molar-refractivity contribution in [1.29, 1.82) is 0 Å². The Morgan fingerprint density at radius 1 is 1.50 bits per heavy atom. The summed E-state index contributed by atoms with van der Waals surface area (Å²) in [5, 5.41) is 3.20. The fraction of sp³-hybridized carbons (Fsp3) is 0.200. The number of hydrogen-bond acceptors (Lipinski definition) is 1. The highest BCUT2D eigenvalue weighted by atomic mass is 35.5. The lowest BCUT2D eigenvalue weighted by Gasteiger charge is -2.08. The number of nitrogens with one attached hydrogen (secondary N) is 1. The maximum Gasteiger partial charge on any atom is 0.348 e. The molecule has 0 bridgehead atoms. The fourth-order valence-electron chi connectivity index (χ4n) is 1.24. The van der Waals surface area contributed by atoms with E-state index in [1.54, 1.807) is 18.2 Å². The van der Waals surface area contributed by atoms with E-state index in [1.807, 2.05) is 6.92 Å². The third kappa shape index (κ3) is 3.43. The van der Waals surface area contributed by atoms with Crippen LogP contribution in [-0.2, 0) is 6.42 Å². The van der Waals surface area contributed by atoms with Gasteiger partial charge in [-0.05, 0) is 30.2 Å². The van der Waals surface area contributed by atoms with Gasteiger partial charge in [-0.3, -0.25) is 0 Å². The van der Waals surface area contributed by atoms with E-state index >= 15 is 0 Å². The predicted octanol–water partition coefficient (Wildman–Crippen LogP) is 1.71. The van der Waals surface area contributed by atoms with Crippen molar-refractivity contribution in [3.8, 4) is 0 Å². The summed E-state index contributed by atoms with van der Waals surface area (Å²) in [6, 6.07) is 4.58. The van der Waals surface area contributed by atoms with Gasteiger partial charge in [0, 0.05) is 10.7 Å². The topological polar surface area (TPSA) is 93.5 Å². The summed E-state index contributed by atoms with van der Waals surface area (Å²) < 4.78 is 0. The van der Waals surface area contributed by atoms with Crippen LogP contribution in [0.2, 0.25) is 5.02 Å². The van der Waals surface area contributed by atoms with Gasteiger partial charge in [-0.1, -0.05) is 18.5 Å². The summed E-state index contributed by atoms with van der Waals surface area (Å²) in [6.07, 6.45) is 0.748. The van der Waals surface area contributed by atoms with Crippen LogP contribution < -0.4 is 16.8 Å². The Labute approximate surface area is 98.5 Å². The molecule has 0 radical (unpaired) electrons. The zero-order chi connectivity index (χ0) is 12.1. The highest BCUT2D eigenvalue weighted by molar-refractivity contribution is 6.30. The summed E-state index contributed by atoms with van der Waals surface area (Å²) in [7, 11) is 0. The fourth-order valence-corrected chi connectivity index (χ4v) is 1.43. The molecule has 6 heteroatoms. The average molecular weight is 241 g/mol. The first-order valence-electron chi connectivity index (χ1n) is 4.72. The molecule has 0 saturated carbocycles. The van der Waals surface area contributed by atoms with Gasteiger partial charge in [-0.15, -0.1) is 0 Å². The Morgan fingerprint density at radius 2 is 2.19 bits per heavy atom. The van der Waals surface area contributed by atoms with Crippen LogP contribution in [0.15, 0.2) is 23.2 Å². The molecule has 0 aromatic heterocycles. The highest BCUT2D eigenvalue weighted by Gasteiger charge is 2.05. The van der Waals surface area contributed by atoms with Crippen LogP contribution in [0.3, 0.4) is 0 Å². The van der Waals surface area contributed by atoms with Gasteiger partial charge in [0.25, 0.3) is 0 Å². The maximum atomic E-state index is 11.3. The lowest BCUT2D eigenvalue weighted by atomic mass is 10.1. The van der Waals surface area contributed by atoms with E-state index in [9.17, 15) is 4.79 Å². The van der Waals surface area contributed by atoms with Crippen molar-refractivity contribution >= 4 is 29.3 Å². The average Bonchev–Trinajstić information content (AvgIpc) is 2.19. The van der Waals surface area contributed by atoms with E-state index in [-0.39, 0.29) is 5.96 Å². The molecule has 0 aliphatic carbocycles. The molecule has 0 saturated heterocycles. The number of halogens is 1. The standard InChI is InChI=1S/C10H13ClN4O/c1-2-6-5-7(11)3-4-8(6)14-10(16)15-9(12)13/h3-5H,2H2,1H3,(H5,12,13,14,15,16). The maximum absolute atomic E-state index is 11.3. The molecule has 0 heterocycles. The third-order valence-electron chi connectivity index (χ3n) is 1.92. The minimum atomic E-state index is -0.600. The van der Waals surface area contributed by atoms with E-state index in [0.717, 1.165) is 12.0 Å². The molecule has 0 aliphatic heterocycles. The Hall–Kier alpha value is -1.75. The van der Waals surface area contributed by atoms with Crippen molar-refractivity contribution in [3.05, 3.63) is 28.8 Å². The number of urea groups is 1. The molecule has 5 N–H and O–H groups in total. The normalized spacial score (nSPS) is 9.62. The van der Waals surface area contributed by atoms with Crippen molar-refractivity contribution in [2.45, 2.75) is 13.3 Å². The molecule has 0 atom stereocenters. The number of hydrogen-bond donors (Lipinski definition) is 3. The summed E-state index contributed by atoms with van der Waals surface area (Å²) >= 11 is 5.84. The van der Waals surface area contributed by atoms with Gasteiger partial charge in [0.2, 0.25) is 0 Å². The zero-order valence-electron chi connectivity index (χ0n) is 8.83. The summed E-state index contributed by atoms with van der Waals surface area (Å²) in [6.45, 7) is 1.96. The number of anilines is 1. The van der Waals surface area contributed by atoms with E-state index in [4.69, 9.17) is 23.1 Å². The molecule has 0 fully saturated rings. The molecule has 86 valence electrons. The summed E-state index contributed by atoms with van der Waals surface area (Å²) in [4.78, 5) is 14.6. The van der Waals surface area contributed by atoms with Gasteiger partial charge in [0.1, 0.15) is 0 Å². The number of guanidine groups is 1. The molecule has 16 heavy (non-hydrogen) atoms. The zero-order valence-corrected chi connectivity index (χ0v) is 9.58. The first kappa shape index (κ1) is 12.3. The van der Waals surface area contributed by atoms with Crippen LogP contribution in [0.25, 0.3) is 0 Å². The quantitative estimate of drug-likeness (QED) is 0.543. The number of amides is 2. The molecular formula is C10H13ClN4O. The summed E-state index contributed by atoms with van der Waals surface area (Å²) in [5.41, 5.74) is 11.8. The van der Waals surface area contributed by atoms with Crippen molar-refractivity contribution in [1.82, 2.24) is 0 Å². The second kappa shape index (κ2) is 5.37.